The molecule has 0 spiro atoms. The summed E-state index contributed by atoms with van der Waals surface area (Å²) in [6, 6.07) is 0. The van der Waals surface area contributed by atoms with E-state index in [1.54, 1.807) is 0 Å². The third-order valence-electron chi connectivity index (χ3n) is 1.50. The highest BCUT2D eigenvalue weighted by atomic mass is 127. The van der Waals surface area contributed by atoms with E-state index in [1.165, 1.54) is 0 Å². The first-order valence-electron chi connectivity index (χ1n) is 4.05. The molecule has 0 heterocycles. The first-order chi connectivity index (χ1) is 7.17. The van der Waals surface area contributed by atoms with Crippen LogP contribution in [-0.2, 0) is 4.74 Å². The fraction of sp³-hybridized carbons (Fsp3) is 1.00. The summed E-state index contributed by atoms with van der Waals surface area (Å²) in [5.41, 5.74) is 0. The summed E-state index contributed by atoms with van der Waals surface area (Å²) in [7, 11) is 0. The molecule has 0 bridgehead atoms. The Kier molecular flexibility index (Phi) is 4.70. The van der Waals surface area contributed by atoms with Crippen LogP contribution in [0, 0.1) is 0 Å². The van der Waals surface area contributed by atoms with Gasteiger partial charge in [0, 0.05) is 22.6 Å². The highest BCUT2D eigenvalue weighted by Crippen LogP contribution is 2.55. The largest absolute Gasteiger partial charge is 0.460 e. The molecule has 0 saturated heterocycles. The zero-order chi connectivity index (χ0) is 14.3. The molecule has 0 aliphatic heterocycles. The van der Waals surface area contributed by atoms with Crippen molar-refractivity contribution in [1.29, 1.82) is 0 Å². The Bertz CT molecular complexity index is 272. The van der Waals surface area contributed by atoms with Crippen LogP contribution < -0.4 is 0 Å². The van der Waals surface area contributed by atoms with Crippen molar-refractivity contribution in [2.24, 2.45) is 0 Å². The van der Waals surface area contributed by atoms with Crippen LogP contribution in [-0.4, -0.2) is 28.0 Å². The Morgan fingerprint density at radius 1 is 0.824 bits per heavy atom. The lowest BCUT2D eigenvalue weighted by molar-refractivity contribution is -0.392. The van der Waals surface area contributed by atoms with Gasteiger partial charge >= 0.3 is 21.9 Å². The van der Waals surface area contributed by atoms with Gasteiger partial charge in [0.25, 0.3) is 0 Å². The predicted molar refractivity (Wildman–Crippen MR) is 50.0 cm³/mol. The van der Waals surface area contributed by atoms with Crippen LogP contribution in [0.5, 0.6) is 0 Å². The second-order valence-electron chi connectivity index (χ2n) is 3.33. The average Bonchev–Trinajstić information content (AvgIpc) is 1.98. The van der Waals surface area contributed by atoms with Crippen LogP contribution in [0.25, 0.3) is 0 Å². The molecule has 0 aliphatic rings. The van der Waals surface area contributed by atoms with Gasteiger partial charge in [-0.05, 0) is 13.8 Å². The topological polar surface area (TPSA) is 9.23 Å². The fourth-order valence-corrected chi connectivity index (χ4v) is 1.58. The van der Waals surface area contributed by atoms with Crippen LogP contribution in [0.4, 0.5) is 35.1 Å². The van der Waals surface area contributed by atoms with Crippen molar-refractivity contribution in [3.63, 3.8) is 0 Å². The Morgan fingerprint density at radius 3 is 1.41 bits per heavy atom. The molecule has 0 aromatic heterocycles. The molecule has 1 unspecified atom stereocenters. The first kappa shape index (κ1) is 17.1. The van der Waals surface area contributed by atoms with E-state index < -0.39 is 28.0 Å². The standard InChI is InChI=1S/C7H7F8IO/c1-3(2)17-7(15,16)5(10,11)4(8,9)6(12,13)14/h3H,1-2H3. The van der Waals surface area contributed by atoms with Crippen molar-refractivity contribution < 1.29 is 39.9 Å². The smallest absolute Gasteiger partial charge is 0.331 e. The van der Waals surface area contributed by atoms with Gasteiger partial charge < -0.3 is 4.74 Å². The quantitative estimate of drug-likeness (QED) is 0.398. The lowest BCUT2D eigenvalue weighted by atomic mass is 10.1. The molecule has 0 rings (SSSR count). The van der Waals surface area contributed by atoms with Gasteiger partial charge in [-0.15, -0.1) is 0 Å². The summed E-state index contributed by atoms with van der Waals surface area (Å²) in [6.45, 7) is 2.02. The summed E-state index contributed by atoms with van der Waals surface area (Å²) in [4.78, 5) is 0. The number of rotatable bonds is 4. The highest BCUT2D eigenvalue weighted by Gasteiger charge is 2.81. The van der Waals surface area contributed by atoms with Crippen molar-refractivity contribution in [2.45, 2.75) is 41.8 Å². The Hall–Kier alpha value is 0.130. The van der Waals surface area contributed by atoms with Gasteiger partial charge in [-0.1, -0.05) is 0 Å². The number of hydrogen-bond donors (Lipinski definition) is 0. The molecule has 1 atom stereocenters. The minimum absolute atomic E-state index is 0.0800. The normalized spacial score (nSPS) is 18.4. The Balaban J connectivity index is 5.39. The summed E-state index contributed by atoms with van der Waals surface area (Å²) < 4.78 is 98.3. The van der Waals surface area contributed by atoms with Crippen LogP contribution in [0.2, 0.25) is 0 Å². The summed E-state index contributed by atoms with van der Waals surface area (Å²) in [5.74, 6) is -12.6. The van der Waals surface area contributed by atoms with E-state index in [0.29, 0.717) is 0 Å². The van der Waals surface area contributed by atoms with Gasteiger partial charge in [0.05, 0.1) is 6.10 Å². The minimum Gasteiger partial charge on any atom is -0.331 e. The number of alkyl halides is 9. The molecular weight excluding hydrogens is 379 g/mol. The molecule has 17 heavy (non-hydrogen) atoms. The minimum atomic E-state index is -6.58. The molecule has 0 aromatic rings. The lowest BCUT2D eigenvalue weighted by Crippen LogP contribution is -2.61. The SMILES string of the molecule is CC(C)OC(F)(I)C(F)(F)C(F)(F)C(F)(F)F. The van der Waals surface area contributed by atoms with E-state index in [2.05, 4.69) is 4.74 Å². The molecule has 1 nitrogen and oxygen atoms in total. The predicted octanol–water partition coefficient (Wildman–Crippen LogP) is 4.30. The van der Waals surface area contributed by atoms with Crippen molar-refractivity contribution in [3.05, 3.63) is 0 Å². The molecule has 0 amide bonds. The third-order valence-corrected chi connectivity index (χ3v) is 2.43. The summed E-state index contributed by atoms with van der Waals surface area (Å²) in [5, 5.41) is 0. The van der Waals surface area contributed by atoms with Gasteiger partial charge in [-0.3, -0.25) is 0 Å². The Labute approximate surface area is 105 Å². The molecule has 0 radical (unpaired) electrons. The second kappa shape index (κ2) is 4.67. The van der Waals surface area contributed by atoms with Gasteiger partial charge in [0.15, 0.2) is 0 Å². The molecule has 0 N–H and O–H groups in total. The number of hydrogen-bond acceptors (Lipinski definition) is 1. The van der Waals surface area contributed by atoms with E-state index in [0.717, 1.165) is 13.8 Å². The molecule has 0 aromatic carbocycles. The van der Waals surface area contributed by atoms with Gasteiger partial charge in [0.2, 0.25) is 0 Å². The van der Waals surface area contributed by atoms with E-state index in [4.69, 9.17) is 0 Å². The number of halogens is 9. The van der Waals surface area contributed by atoms with Gasteiger partial charge in [-0.2, -0.15) is 35.1 Å². The average molecular weight is 386 g/mol. The zero-order valence-corrected chi connectivity index (χ0v) is 10.5. The van der Waals surface area contributed by atoms with Crippen LogP contribution in [0.15, 0.2) is 0 Å². The highest BCUT2D eigenvalue weighted by molar-refractivity contribution is 14.1. The lowest BCUT2D eigenvalue weighted by Gasteiger charge is -2.35. The second-order valence-corrected chi connectivity index (χ2v) is 4.72. The molecular formula is C7H7F8IO. The Morgan fingerprint density at radius 2 is 1.18 bits per heavy atom. The molecule has 0 aliphatic carbocycles. The summed E-state index contributed by atoms with van der Waals surface area (Å²) >= 11 is 0.0800. The third kappa shape index (κ3) is 3.12. The molecule has 104 valence electrons. The van der Waals surface area contributed by atoms with Crippen molar-refractivity contribution in [1.82, 2.24) is 0 Å². The van der Waals surface area contributed by atoms with Crippen molar-refractivity contribution >= 4 is 22.6 Å². The maximum Gasteiger partial charge on any atom is 0.460 e. The van der Waals surface area contributed by atoms with E-state index in [-0.39, 0.29) is 22.6 Å². The number of ether oxygens (including phenoxy) is 1. The maximum atomic E-state index is 13.2. The van der Waals surface area contributed by atoms with Crippen LogP contribution in [0.1, 0.15) is 13.8 Å². The van der Waals surface area contributed by atoms with E-state index in [9.17, 15) is 35.1 Å². The molecule has 0 fully saturated rings. The van der Waals surface area contributed by atoms with Crippen LogP contribution in [0.3, 0.4) is 0 Å². The van der Waals surface area contributed by atoms with E-state index in [1.807, 2.05) is 0 Å². The zero-order valence-electron chi connectivity index (χ0n) is 8.39. The maximum absolute atomic E-state index is 13.2. The van der Waals surface area contributed by atoms with Gasteiger partial charge in [-0.25, -0.2) is 0 Å². The monoisotopic (exact) mass is 386 g/mol. The molecule has 10 heteroatoms. The van der Waals surface area contributed by atoms with Crippen molar-refractivity contribution in [2.75, 3.05) is 0 Å². The fourth-order valence-electron chi connectivity index (χ4n) is 0.731. The van der Waals surface area contributed by atoms with Crippen molar-refractivity contribution in [3.8, 4) is 0 Å². The summed E-state index contributed by atoms with van der Waals surface area (Å²) in [6.07, 6.45) is -7.88. The van der Waals surface area contributed by atoms with Crippen LogP contribution >= 0.6 is 22.6 Å². The van der Waals surface area contributed by atoms with E-state index >= 15 is 0 Å². The molecule has 0 saturated carbocycles. The van der Waals surface area contributed by atoms with Gasteiger partial charge in [0.1, 0.15) is 0 Å². The first-order valence-corrected chi connectivity index (χ1v) is 5.12.